The topological polar surface area (TPSA) is 17.1 Å². The Morgan fingerprint density at radius 3 is 1.61 bits per heavy atom. The monoisotopic (exact) mass is 310 g/mol. The number of hydrogen-bond donors (Lipinski definition) is 0. The van der Waals surface area contributed by atoms with Crippen LogP contribution in [0, 0.1) is 13.8 Å². The zero-order valence-electron chi connectivity index (χ0n) is 9.85. The second kappa shape index (κ2) is 4.74. The van der Waals surface area contributed by atoms with Crippen LogP contribution in [0.5, 0.6) is 0 Å². The fourth-order valence-electron chi connectivity index (χ4n) is 1.88. The van der Waals surface area contributed by atoms with E-state index in [1.54, 1.807) is 22.7 Å². The summed E-state index contributed by atoms with van der Waals surface area (Å²) in [5, 5.41) is 4.17. The van der Waals surface area contributed by atoms with E-state index in [0.717, 1.165) is 9.75 Å². The minimum absolute atomic E-state index is 0.177. The maximum Gasteiger partial charge on any atom is 0.288 e. The molecule has 0 aromatic carbocycles. The lowest BCUT2D eigenvalue weighted by molar-refractivity contribution is 1.61. The molecular formula is C13H10OS4. The molecule has 3 heterocycles. The highest BCUT2D eigenvalue weighted by atomic mass is 32.2. The highest BCUT2D eigenvalue weighted by molar-refractivity contribution is 7.32. The molecule has 0 fully saturated rings. The zero-order chi connectivity index (χ0) is 12.7. The molecule has 0 saturated carbocycles. The van der Waals surface area contributed by atoms with Gasteiger partial charge < -0.3 is 0 Å². The normalized spacial score (nSPS) is 11.0. The smallest absolute Gasteiger partial charge is 0.265 e. The predicted octanol–water partition coefficient (Wildman–Crippen LogP) is 5.24. The summed E-state index contributed by atoms with van der Waals surface area (Å²) in [6, 6.07) is 4.23. The average Bonchev–Trinajstić information content (AvgIpc) is 2.99. The molecule has 0 bridgehead atoms. The summed E-state index contributed by atoms with van der Waals surface area (Å²) in [6.45, 7) is 4.22. The second-order valence-corrected chi connectivity index (χ2v) is 8.36. The molecule has 0 spiro atoms. The Bertz CT molecular complexity index is 680. The molecule has 0 atom stereocenters. The highest BCUT2D eigenvalue weighted by Gasteiger charge is 2.17. The third kappa shape index (κ3) is 2.01. The molecule has 0 aliphatic carbocycles. The van der Waals surface area contributed by atoms with E-state index in [1.807, 2.05) is 0 Å². The zero-order valence-corrected chi connectivity index (χ0v) is 13.1. The van der Waals surface area contributed by atoms with E-state index in [-0.39, 0.29) is 4.06 Å². The van der Waals surface area contributed by atoms with Gasteiger partial charge in [-0.2, -0.15) is 0 Å². The number of hydrogen-bond acceptors (Lipinski definition) is 5. The van der Waals surface area contributed by atoms with Gasteiger partial charge in [0, 0.05) is 20.9 Å². The maximum absolute atomic E-state index is 11.8. The largest absolute Gasteiger partial charge is 0.288 e. The molecule has 0 aliphatic rings. The van der Waals surface area contributed by atoms with Gasteiger partial charge in [0.2, 0.25) is 0 Å². The van der Waals surface area contributed by atoms with Crippen molar-refractivity contribution in [3.63, 3.8) is 0 Å². The van der Waals surface area contributed by atoms with Gasteiger partial charge in [0.15, 0.2) is 0 Å². The first kappa shape index (κ1) is 12.3. The van der Waals surface area contributed by atoms with Gasteiger partial charge in [-0.3, -0.25) is 4.79 Å². The Labute approximate surface area is 121 Å². The van der Waals surface area contributed by atoms with Crippen LogP contribution in [0.2, 0.25) is 0 Å². The van der Waals surface area contributed by atoms with Crippen molar-refractivity contribution in [2.75, 3.05) is 0 Å². The van der Waals surface area contributed by atoms with Gasteiger partial charge in [-0.1, -0.05) is 22.7 Å². The number of aryl methyl sites for hydroxylation is 2. The Hall–Kier alpha value is -0.750. The fraction of sp³-hybridized carbons (Fsp3) is 0.154. The molecule has 0 saturated heterocycles. The summed E-state index contributed by atoms with van der Waals surface area (Å²) < 4.78 is 0.177. The van der Waals surface area contributed by atoms with Crippen LogP contribution in [0.25, 0.3) is 20.9 Å². The van der Waals surface area contributed by atoms with Crippen molar-refractivity contribution in [1.29, 1.82) is 0 Å². The van der Waals surface area contributed by atoms with Crippen molar-refractivity contribution in [2.24, 2.45) is 0 Å². The van der Waals surface area contributed by atoms with Crippen LogP contribution in [0.15, 0.2) is 27.7 Å². The summed E-state index contributed by atoms with van der Waals surface area (Å²) in [5.41, 5.74) is 2.42. The molecule has 0 unspecified atom stereocenters. The van der Waals surface area contributed by atoms with Crippen molar-refractivity contribution in [2.45, 2.75) is 13.8 Å². The van der Waals surface area contributed by atoms with Gasteiger partial charge >= 0.3 is 0 Å². The first-order valence-electron chi connectivity index (χ1n) is 5.39. The Morgan fingerprint density at radius 1 is 0.833 bits per heavy atom. The summed E-state index contributed by atoms with van der Waals surface area (Å²) in [7, 11) is 0. The molecule has 3 aromatic rings. The van der Waals surface area contributed by atoms with E-state index in [9.17, 15) is 4.79 Å². The molecule has 3 aromatic heterocycles. The summed E-state index contributed by atoms with van der Waals surface area (Å²) in [4.78, 5) is 16.6. The van der Waals surface area contributed by atoms with Gasteiger partial charge in [0.05, 0.1) is 9.75 Å². The van der Waals surface area contributed by atoms with Gasteiger partial charge in [0.25, 0.3) is 4.06 Å². The van der Waals surface area contributed by atoms with Crippen LogP contribution in [0.4, 0.5) is 0 Å². The van der Waals surface area contributed by atoms with Gasteiger partial charge in [-0.15, -0.1) is 22.7 Å². The molecule has 0 N–H and O–H groups in total. The third-order valence-corrected chi connectivity index (χ3v) is 6.69. The first-order chi connectivity index (χ1) is 8.66. The van der Waals surface area contributed by atoms with Crippen molar-refractivity contribution < 1.29 is 0 Å². The highest BCUT2D eigenvalue weighted by Crippen LogP contribution is 2.42. The van der Waals surface area contributed by atoms with Crippen molar-refractivity contribution in [1.82, 2.24) is 0 Å². The molecule has 0 amide bonds. The molecule has 0 radical (unpaired) electrons. The van der Waals surface area contributed by atoms with Gasteiger partial charge in [-0.25, -0.2) is 0 Å². The van der Waals surface area contributed by atoms with Crippen LogP contribution in [0.1, 0.15) is 9.75 Å². The molecule has 3 rings (SSSR count). The Morgan fingerprint density at radius 2 is 1.28 bits per heavy atom. The van der Waals surface area contributed by atoms with Crippen LogP contribution < -0.4 is 4.06 Å². The molecule has 18 heavy (non-hydrogen) atoms. The van der Waals surface area contributed by atoms with E-state index < -0.39 is 0 Å². The molecule has 1 nitrogen and oxygen atoms in total. The predicted molar refractivity (Wildman–Crippen MR) is 84.6 cm³/mol. The lowest BCUT2D eigenvalue weighted by atomic mass is 10.1. The minimum atomic E-state index is 0.177. The third-order valence-electron chi connectivity index (χ3n) is 2.78. The number of thiophene rings is 2. The Balaban J connectivity index is 2.27. The van der Waals surface area contributed by atoms with E-state index >= 15 is 0 Å². The van der Waals surface area contributed by atoms with E-state index in [1.165, 1.54) is 43.6 Å². The SMILES string of the molecule is Cc1sccc1-c1sc(=O)sc1-c1ccsc1C. The standard InChI is InChI=1S/C13H10OS4/c1-7-9(3-5-15-7)11-12(18-13(14)17-11)10-4-6-16-8(10)2/h3-6H,1-2H3. The Kier molecular flexibility index (Phi) is 3.23. The quantitative estimate of drug-likeness (QED) is 0.632. The summed E-state index contributed by atoms with van der Waals surface area (Å²) in [6.07, 6.45) is 0. The minimum Gasteiger partial charge on any atom is -0.265 e. The maximum atomic E-state index is 11.8. The lowest BCUT2D eigenvalue weighted by Crippen LogP contribution is -1.77. The van der Waals surface area contributed by atoms with Crippen LogP contribution in [-0.2, 0) is 0 Å². The number of rotatable bonds is 2. The van der Waals surface area contributed by atoms with E-state index in [0.29, 0.717) is 0 Å². The van der Waals surface area contributed by atoms with Gasteiger partial charge in [0.1, 0.15) is 0 Å². The van der Waals surface area contributed by atoms with Crippen LogP contribution in [-0.4, -0.2) is 0 Å². The van der Waals surface area contributed by atoms with Crippen molar-refractivity contribution >= 4 is 45.3 Å². The van der Waals surface area contributed by atoms with Crippen molar-refractivity contribution in [3.05, 3.63) is 41.5 Å². The molecular weight excluding hydrogens is 300 g/mol. The second-order valence-electron chi connectivity index (χ2n) is 3.89. The molecule has 0 aliphatic heterocycles. The molecule has 92 valence electrons. The van der Waals surface area contributed by atoms with Gasteiger partial charge in [-0.05, 0) is 36.7 Å². The van der Waals surface area contributed by atoms with E-state index in [2.05, 4.69) is 36.7 Å². The lowest BCUT2D eigenvalue weighted by Gasteiger charge is -2.01. The average molecular weight is 310 g/mol. The first-order valence-corrected chi connectivity index (χ1v) is 8.79. The summed E-state index contributed by atoms with van der Waals surface area (Å²) in [5.74, 6) is 0. The van der Waals surface area contributed by atoms with Crippen molar-refractivity contribution in [3.8, 4) is 20.9 Å². The van der Waals surface area contributed by atoms with E-state index in [4.69, 9.17) is 0 Å². The molecule has 5 heteroatoms. The van der Waals surface area contributed by atoms with Crippen LogP contribution in [0.3, 0.4) is 0 Å². The summed E-state index contributed by atoms with van der Waals surface area (Å²) >= 11 is 6.20. The fourth-order valence-corrected chi connectivity index (χ4v) is 5.73. The van der Waals surface area contributed by atoms with Crippen LogP contribution >= 0.6 is 45.3 Å².